The third-order valence-electron chi connectivity index (χ3n) is 3.81. The van der Waals surface area contributed by atoms with E-state index in [1.54, 1.807) is 0 Å². The number of aryl methyl sites for hydroxylation is 1. The topological polar surface area (TPSA) is 12.0 Å². The van der Waals surface area contributed by atoms with Crippen molar-refractivity contribution in [1.82, 2.24) is 5.32 Å². The van der Waals surface area contributed by atoms with Crippen molar-refractivity contribution in [3.8, 4) is 0 Å². The molecule has 0 radical (unpaired) electrons. The van der Waals surface area contributed by atoms with Crippen molar-refractivity contribution in [2.45, 2.75) is 65.3 Å². The molecule has 0 heterocycles. The van der Waals surface area contributed by atoms with Crippen LogP contribution in [-0.2, 0) is 6.42 Å². The van der Waals surface area contributed by atoms with Gasteiger partial charge >= 0.3 is 0 Å². The van der Waals surface area contributed by atoms with Crippen LogP contribution in [-0.4, -0.2) is 12.6 Å². The maximum absolute atomic E-state index is 3.66. The summed E-state index contributed by atoms with van der Waals surface area (Å²) in [5, 5.41) is 3.66. The van der Waals surface area contributed by atoms with E-state index in [9.17, 15) is 0 Å². The third-order valence-corrected chi connectivity index (χ3v) is 3.81. The average Bonchev–Trinajstić information content (AvgIpc) is 2.41. The van der Waals surface area contributed by atoms with Crippen LogP contribution in [0.1, 0.15) is 64.0 Å². The number of nitrogens with one attached hydrogen (secondary N) is 1. The van der Waals surface area contributed by atoms with Crippen molar-refractivity contribution in [1.29, 1.82) is 0 Å². The molecule has 0 fully saturated rings. The van der Waals surface area contributed by atoms with E-state index in [2.05, 4.69) is 57.3 Å². The van der Waals surface area contributed by atoms with Gasteiger partial charge in [-0.3, -0.25) is 0 Å². The van der Waals surface area contributed by atoms with E-state index >= 15 is 0 Å². The van der Waals surface area contributed by atoms with Gasteiger partial charge in [0.15, 0.2) is 0 Å². The summed E-state index contributed by atoms with van der Waals surface area (Å²) in [4.78, 5) is 0. The largest absolute Gasteiger partial charge is 0.314 e. The summed E-state index contributed by atoms with van der Waals surface area (Å²) in [6, 6.07) is 9.84. The minimum Gasteiger partial charge on any atom is -0.314 e. The van der Waals surface area contributed by atoms with E-state index in [4.69, 9.17) is 0 Å². The quantitative estimate of drug-likeness (QED) is 0.712. The van der Waals surface area contributed by atoms with Gasteiger partial charge in [-0.15, -0.1) is 0 Å². The Morgan fingerprint density at radius 2 is 1.67 bits per heavy atom. The molecule has 1 aromatic rings. The van der Waals surface area contributed by atoms with E-state index in [0.29, 0.717) is 12.0 Å². The molecule has 0 saturated heterocycles. The Labute approximate surface area is 113 Å². The fraction of sp³-hybridized carbons (Fsp3) is 0.647. The second-order valence-electron chi connectivity index (χ2n) is 5.06. The van der Waals surface area contributed by atoms with E-state index in [-0.39, 0.29) is 0 Å². The number of benzene rings is 1. The van der Waals surface area contributed by atoms with Gasteiger partial charge in [0.05, 0.1) is 0 Å². The second kappa shape index (κ2) is 8.31. The Morgan fingerprint density at radius 3 is 2.11 bits per heavy atom. The molecule has 0 aromatic heterocycles. The first-order valence-electron chi connectivity index (χ1n) is 7.58. The molecule has 0 aliphatic rings. The Morgan fingerprint density at radius 1 is 1.00 bits per heavy atom. The molecule has 0 saturated carbocycles. The van der Waals surface area contributed by atoms with Crippen LogP contribution in [0.3, 0.4) is 0 Å². The SMILES string of the molecule is CCCC(NCC)C(CC)c1ccc(CC)cc1. The van der Waals surface area contributed by atoms with Gasteiger partial charge in [-0.25, -0.2) is 0 Å². The molecule has 102 valence electrons. The highest BCUT2D eigenvalue weighted by Crippen LogP contribution is 2.26. The molecule has 0 bridgehead atoms. The van der Waals surface area contributed by atoms with Crippen molar-refractivity contribution in [2.24, 2.45) is 0 Å². The first kappa shape index (κ1) is 15.2. The molecule has 1 heteroatoms. The van der Waals surface area contributed by atoms with Gasteiger partial charge in [-0.05, 0) is 42.9 Å². The van der Waals surface area contributed by atoms with Crippen LogP contribution in [0.4, 0.5) is 0 Å². The van der Waals surface area contributed by atoms with Crippen molar-refractivity contribution in [2.75, 3.05) is 6.54 Å². The van der Waals surface area contributed by atoms with Crippen LogP contribution < -0.4 is 5.32 Å². The van der Waals surface area contributed by atoms with Crippen LogP contribution in [0.25, 0.3) is 0 Å². The molecule has 1 nitrogen and oxygen atoms in total. The van der Waals surface area contributed by atoms with Crippen LogP contribution in [0.2, 0.25) is 0 Å². The van der Waals surface area contributed by atoms with E-state index in [1.165, 1.54) is 30.4 Å². The molecule has 0 spiro atoms. The predicted molar refractivity (Wildman–Crippen MR) is 81.2 cm³/mol. The highest BCUT2D eigenvalue weighted by atomic mass is 14.9. The summed E-state index contributed by atoms with van der Waals surface area (Å²) in [6.07, 6.45) is 4.86. The van der Waals surface area contributed by atoms with Crippen molar-refractivity contribution in [3.63, 3.8) is 0 Å². The molecule has 0 aliphatic heterocycles. The average molecular weight is 247 g/mol. The Balaban J connectivity index is 2.83. The minimum absolute atomic E-state index is 0.623. The second-order valence-corrected chi connectivity index (χ2v) is 5.06. The fourth-order valence-corrected chi connectivity index (χ4v) is 2.77. The minimum atomic E-state index is 0.623. The highest BCUT2D eigenvalue weighted by Gasteiger charge is 2.19. The molecule has 2 unspecified atom stereocenters. The number of hydrogen-bond acceptors (Lipinski definition) is 1. The van der Waals surface area contributed by atoms with Crippen LogP contribution in [0.15, 0.2) is 24.3 Å². The Hall–Kier alpha value is -0.820. The van der Waals surface area contributed by atoms with E-state index < -0.39 is 0 Å². The van der Waals surface area contributed by atoms with Gasteiger partial charge in [0.1, 0.15) is 0 Å². The van der Waals surface area contributed by atoms with Crippen LogP contribution in [0, 0.1) is 0 Å². The zero-order valence-electron chi connectivity index (χ0n) is 12.5. The van der Waals surface area contributed by atoms with Gasteiger partial charge in [0.2, 0.25) is 0 Å². The lowest BCUT2D eigenvalue weighted by Crippen LogP contribution is -2.34. The van der Waals surface area contributed by atoms with Crippen molar-refractivity contribution >= 4 is 0 Å². The summed E-state index contributed by atoms with van der Waals surface area (Å²) < 4.78 is 0. The molecule has 0 aliphatic carbocycles. The maximum atomic E-state index is 3.66. The molecular weight excluding hydrogens is 218 g/mol. The lowest BCUT2D eigenvalue weighted by Gasteiger charge is -2.27. The summed E-state index contributed by atoms with van der Waals surface area (Å²) in [7, 11) is 0. The molecule has 0 amide bonds. The lowest BCUT2D eigenvalue weighted by molar-refractivity contribution is 0.404. The Kier molecular flexibility index (Phi) is 7.04. The monoisotopic (exact) mass is 247 g/mol. The molecule has 18 heavy (non-hydrogen) atoms. The zero-order valence-corrected chi connectivity index (χ0v) is 12.5. The Bertz CT molecular complexity index is 309. The molecule has 1 rings (SSSR count). The maximum Gasteiger partial charge on any atom is 0.0135 e. The van der Waals surface area contributed by atoms with Crippen molar-refractivity contribution < 1.29 is 0 Å². The van der Waals surface area contributed by atoms with Gasteiger partial charge in [0.25, 0.3) is 0 Å². The highest BCUT2D eigenvalue weighted by molar-refractivity contribution is 5.26. The lowest BCUT2D eigenvalue weighted by atomic mass is 9.86. The van der Waals surface area contributed by atoms with Gasteiger partial charge in [-0.2, -0.15) is 0 Å². The first-order chi connectivity index (χ1) is 8.76. The summed E-state index contributed by atoms with van der Waals surface area (Å²) in [5.74, 6) is 0.649. The van der Waals surface area contributed by atoms with Crippen LogP contribution in [0.5, 0.6) is 0 Å². The van der Waals surface area contributed by atoms with E-state index in [1.807, 2.05) is 0 Å². The van der Waals surface area contributed by atoms with Crippen molar-refractivity contribution in [3.05, 3.63) is 35.4 Å². The zero-order chi connectivity index (χ0) is 13.4. The summed E-state index contributed by atoms with van der Waals surface area (Å²) in [5.41, 5.74) is 2.93. The number of likely N-dealkylation sites (N-methyl/N-ethyl adjacent to an activating group) is 1. The summed E-state index contributed by atoms with van der Waals surface area (Å²) >= 11 is 0. The molecular formula is C17H29N. The van der Waals surface area contributed by atoms with Gasteiger partial charge in [0, 0.05) is 6.04 Å². The molecule has 1 aromatic carbocycles. The number of rotatable bonds is 8. The van der Waals surface area contributed by atoms with Crippen LogP contribution >= 0.6 is 0 Å². The number of hydrogen-bond donors (Lipinski definition) is 1. The molecule has 2 atom stereocenters. The van der Waals surface area contributed by atoms with E-state index in [0.717, 1.165) is 13.0 Å². The first-order valence-corrected chi connectivity index (χ1v) is 7.58. The predicted octanol–water partition coefficient (Wildman–Crippen LogP) is 4.52. The standard InChI is InChI=1S/C17H29N/c1-5-9-17(18-8-4)16(7-3)15-12-10-14(6-2)11-13-15/h10-13,16-18H,5-9H2,1-4H3. The third kappa shape index (κ3) is 4.13. The smallest absolute Gasteiger partial charge is 0.0135 e. The van der Waals surface area contributed by atoms with Gasteiger partial charge < -0.3 is 5.32 Å². The normalized spacial score (nSPS) is 14.4. The summed E-state index contributed by atoms with van der Waals surface area (Å²) in [6.45, 7) is 10.1. The van der Waals surface area contributed by atoms with Gasteiger partial charge in [-0.1, -0.05) is 58.4 Å². The molecule has 1 N–H and O–H groups in total. The fourth-order valence-electron chi connectivity index (χ4n) is 2.77.